The number of amides is 2. The molecule has 216 valence electrons. The zero-order valence-electron chi connectivity index (χ0n) is 22.5. The van der Waals surface area contributed by atoms with Crippen molar-refractivity contribution in [3.05, 3.63) is 77.9 Å². The summed E-state index contributed by atoms with van der Waals surface area (Å²) in [5, 5.41) is 9.05. The van der Waals surface area contributed by atoms with Crippen LogP contribution in [-0.2, 0) is 26.0 Å². The normalized spacial score (nSPS) is 14.4. The molecule has 41 heavy (non-hydrogen) atoms. The van der Waals surface area contributed by atoms with Gasteiger partial charge in [0.25, 0.3) is 0 Å². The standard InChI is InChI=1S/C28H34N8O4S/c29-26(30)21-8-3-5-19(17-21)18-23(34-41(39,40)24-10-4-7-20-6-1-2-9-22(20)24)27(38)36-15-13-35(14-16-36)25(37)11-12-33-28(31)32/h1-10,17,23,34H,11-16,18H2,(H3,29,30)(H4,31,32,33)/t23-/m0/s1. The Bertz CT molecular complexity index is 1570. The van der Waals surface area contributed by atoms with Gasteiger partial charge in [-0.25, -0.2) is 8.42 Å². The van der Waals surface area contributed by atoms with Crippen LogP contribution in [0.2, 0.25) is 0 Å². The van der Waals surface area contributed by atoms with Gasteiger partial charge < -0.3 is 27.0 Å². The topological polar surface area (TPSA) is 201 Å². The average molecular weight is 579 g/mol. The average Bonchev–Trinajstić information content (AvgIpc) is 2.96. The number of nitrogen functional groups attached to an aromatic ring is 1. The summed E-state index contributed by atoms with van der Waals surface area (Å²) in [7, 11) is -4.12. The number of nitrogens with two attached hydrogens (primary N) is 3. The van der Waals surface area contributed by atoms with Crippen molar-refractivity contribution in [3.8, 4) is 0 Å². The lowest BCUT2D eigenvalue weighted by Gasteiger charge is -2.36. The van der Waals surface area contributed by atoms with Crippen molar-refractivity contribution in [2.24, 2.45) is 22.2 Å². The first-order valence-electron chi connectivity index (χ1n) is 13.1. The third-order valence-electron chi connectivity index (χ3n) is 6.88. The lowest BCUT2D eigenvalue weighted by atomic mass is 10.0. The molecule has 0 spiro atoms. The van der Waals surface area contributed by atoms with Gasteiger partial charge in [-0.3, -0.25) is 20.0 Å². The van der Waals surface area contributed by atoms with Gasteiger partial charge in [0.15, 0.2) is 5.96 Å². The molecule has 1 heterocycles. The number of guanidine groups is 1. The monoisotopic (exact) mass is 578 g/mol. The number of benzene rings is 3. The number of amidine groups is 1. The SMILES string of the molecule is N=C(N)c1cccc(C[C@H](NS(=O)(=O)c2cccc3ccccc23)C(=O)N2CCN(C(=O)CCN=C(N)N)CC2)c1. The molecule has 2 amide bonds. The molecule has 1 aliphatic rings. The zero-order chi connectivity index (χ0) is 29.6. The number of carbonyl (C=O) groups is 2. The predicted octanol–water partition coefficient (Wildman–Crippen LogP) is 0.348. The first-order valence-corrected chi connectivity index (χ1v) is 14.6. The van der Waals surface area contributed by atoms with E-state index >= 15 is 0 Å². The number of aliphatic imine (C=N–C) groups is 1. The maximum atomic E-state index is 13.8. The van der Waals surface area contributed by atoms with Crippen LogP contribution in [0.25, 0.3) is 10.8 Å². The summed E-state index contributed by atoms with van der Waals surface area (Å²) in [4.78, 5) is 33.4. The molecule has 1 saturated heterocycles. The van der Waals surface area contributed by atoms with E-state index in [9.17, 15) is 18.0 Å². The molecule has 0 saturated carbocycles. The van der Waals surface area contributed by atoms with Crippen LogP contribution in [0.1, 0.15) is 17.5 Å². The minimum Gasteiger partial charge on any atom is -0.384 e. The number of hydrogen-bond donors (Lipinski definition) is 5. The second kappa shape index (κ2) is 12.8. The van der Waals surface area contributed by atoms with Gasteiger partial charge in [0.1, 0.15) is 11.9 Å². The molecule has 0 unspecified atom stereocenters. The van der Waals surface area contributed by atoms with Gasteiger partial charge in [-0.15, -0.1) is 0 Å². The summed E-state index contributed by atoms with van der Waals surface area (Å²) < 4.78 is 30.0. The molecule has 1 atom stereocenters. The Hall–Kier alpha value is -4.49. The van der Waals surface area contributed by atoms with E-state index in [4.69, 9.17) is 22.6 Å². The van der Waals surface area contributed by atoms with E-state index in [1.807, 2.05) is 18.2 Å². The number of hydrogen-bond acceptors (Lipinski definition) is 6. The number of nitrogens with zero attached hydrogens (tertiary/aromatic N) is 3. The molecule has 0 radical (unpaired) electrons. The van der Waals surface area contributed by atoms with Crippen LogP contribution in [0, 0.1) is 5.41 Å². The molecule has 8 N–H and O–H groups in total. The maximum Gasteiger partial charge on any atom is 0.241 e. The second-order valence-electron chi connectivity index (χ2n) is 9.73. The van der Waals surface area contributed by atoms with E-state index in [1.165, 1.54) is 6.07 Å². The van der Waals surface area contributed by atoms with Gasteiger partial charge in [0.2, 0.25) is 21.8 Å². The van der Waals surface area contributed by atoms with E-state index in [0.717, 1.165) is 5.39 Å². The number of rotatable bonds is 10. The molecule has 0 aliphatic carbocycles. The van der Waals surface area contributed by atoms with E-state index in [0.29, 0.717) is 29.6 Å². The van der Waals surface area contributed by atoms with Crippen molar-refractivity contribution < 1.29 is 18.0 Å². The summed E-state index contributed by atoms with van der Waals surface area (Å²) in [6, 6.07) is 17.8. The van der Waals surface area contributed by atoms with Crippen LogP contribution in [0.15, 0.2) is 76.6 Å². The van der Waals surface area contributed by atoms with Crippen LogP contribution in [0.4, 0.5) is 0 Å². The van der Waals surface area contributed by atoms with Gasteiger partial charge in [-0.05, 0) is 29.5 Å². The molecule has 3 aromatic rings. The maximum absolute atomic E-state index is 13.8. The summed E-state index contributed by atoms with van der Waals surface area (Å²) in [6.45, 7) is 1.27. The van der Waals surface area contributed by atoms with Crippen molar-refractivity contribution in [3.63, 3.8) is 0 Å². The number of sulfonamides is 1. The molecule has 1 aliphatic heterocycles. The van der Waals surface area contributed by atoms with Gasteiger partial charge in [-0.2, -0.15) is 4.72 Å². The lowest BCUT2D eigenvalue weighted by Crippen LogP contribution is -2.56. The molecule has 0 bridgehead atoms. The summed E-state index contributed by atoms with van der Waals surface area (Å²) >= 11 is 0. The fourth-order valence-corrected chi connectivity index (χ4v) is 6.22. The molecule has 4 rings (SSSR count). The predicted molar refractivity (Wildman–Crippen MR) is 158 cm³/mol. The summed E-state index contributed by atoms with van der Waals surface area (Å²) in [5.41, 5.74) is 17.4. The Kier molecular flexibility index (Phi) is 9.20. The van der Waals surface area contributed by atoms with Crippen molar-refractivity contribution in [1.82, 2.24) is 14.5 Å². The van der Waals surface area contributed by atoms with Gasteiger partial charge >= 0.3 is 0 Å². The van der Waals surface area contributed by atoms with Crippen LogP contribution in [0.5, 0.6) is 0 Å². The van der Waals surface area contributed by atoms with E-state index in [2.05, 4.69) is 9.71 Å². The largest absolute Gasteiger partial charge is 0.384 e. The van der Waals surface area contributed by atoms with Gasteiger partial charge in [0, 0.05) is 43.5 Å². The molecule has 13 heteroatoms. The Labute approximate surface area is 238 Å². The number of fused-ring (bicyclic) bond motifs is 1. The fraction of sp³-hybridized carbons (Fsp3) is 0.286. The van der Waals surface area contributed by atoms with Crippen LogP contribution in [0.3, 0.4) is 0 Å². The van der Waals surface area contributed by atoms with Crippen molar-refractivity contribution in [2.75, 3.05) is 32.7 Å². The van der Waals surface area contributed by atoms with Crippen molar-refractivity contribution in [1.29, 1.82) is 5.41 Å². The smallest absolute Gasteiger partial charge is 0.241 e. The van der Waals surface area contributed by atoms with Gasteiger partial charge in [-0.1, -0.05) is 54.6 Å². The molecule has 0 aromatic heterocycles. The van der Waals surface area contributed by atoms with Crippen LogP contribution in [-0.4, -0.2) is 80.6 Å². The fourth-order valence-electron chi connectivity index (χ4n) is 4.80. The molecule has 3 aromatic carbocycles. The number of piperazine rings is 1. The zero-order valence-corrected chi connectivity index (χ0v) is 23.3. The Balaban J connectivity index is 1.56. The highest BCUT2D eigenvalue weighted by atomic mass is 32.2. The van der Waals surface area contributed by atoms with Crippen LogP contribution >= 0.6 is 0 Å². The van der Waals surface area contributed by atoms with E-state index < -0.39 is 22.0 Å². The van der Waals surface area contributed by atoms with Crippen LogP contribution < -0.4 is 21.9 Å². The number of nitrogens with one attached hydrogen (secondary N) is 2. The Morgan fingerprint density at radius 1 is 0.927 bits per heavy atom. The Morgan fingerprint density at radius 3 is 2.29 bits per heavy atom. The van der Waals surface area contributed by atoms with Crippen molar-refractivity contribution in [2.45, 2.75) is 23.8 Å². The third-order valence-corrected chi connectivity index (χ3v) is 8.41. The first-order chi connectivity index (χ1) is 19.5. The highest BCUT2D eigenvalue weighted by Gasteiger charge is 2.32. The minimum absolute atomic E-state index is 0.0433. The summed E-state index contributed by atoms with van der Waals surface area (Å²) in [5.74, 6) is -0.753. The first kappa shape index (κ1) is 29.5. The second-order valence-corrected chi connectivity index (χ2v) is 11.4. The lowest BCUT2D eigenvalue weighted by molar-refractivity contribution is -0.140. The molecular formula is C28H34N8O4S. The van der Waals surface area contributed by atoms with Gasteiger partial charge in [0.05, 0.1) is 11.4 Å². The minimum atomic E-state index is -4.12. The van der Waals surface area contributed by atoms with E-state index in [-0.39, 0.29) is 55.1 Å². The third kappa shape index (κ3) is 7.38. The highest BCUT2D eigenvalue weighted by Crippen LogP contribution is 2.23. The number of carbonyl (C=O) groups excluding carboxylic acids is 2. The molecule has 12 nitrogen and oxygen atoms in total. The molecule has 1 fully saturated rings. The Morgan fingerprint density at radius 2 is 1.59 bits per heavy atom. The molecular weight excluding hydrogens is 544 g/mol. The summed E-state index contributed by atoms with van der Waals surface area (Å²) in [6.07, 6.45) is 0.188. The highest BCUT2D eigenvalue weighted by molar-refractivity contribution is 7.89. The van der Waals surface area contributed by atoms with Crippen molar-refractivity contribution >= 4 is 44.4 Å². The van der Waals surface area contributed by atoms with E-state index in [1.54, 1.807) is 52.3 Å². The quantitative estimate of drug-likeness (QED) is 0.169.